The fourth-order valence-corrected chi connectivity index (χ4v) is 3.22. The molecule has 2 unspecified atom stereocenters. The summed E-state index contributed by atoms with van der Waals surface area (Å²) in [6.45, 7) is 3.98. The third-order valence-electron chi connectivity index (χ3n) is 2.90. The van der Waals surface area contributed by atoms with E-state index in [1.165, 1.54) is 0 Å². The zero-order valence-corrected chi connectivity index (χ0v) is 11.9. The highest BCUT2D eigenvalue weighted by molar-refractivity contribution is 7.99. The number of carbonyl (C=O) groups is 1. The quantitative estimate of drug-likeness (QED) is 0.888. The topological polar surface area (TPSA) is 58.6 Å². The standard InChI is InChI=1S/C14H19NO3S/c1-9(2)18-11-5-3-10(4-6-11)13-15-12(14(16)17)7-8-19-13/h3-6,9,12-13,15H,7-8H2,1-2H3,(H,16,17). The molecular weight excluding hydrogens is 262 g/mol. The van der Waals surface area contributed by atoms with E-state index in [1.807, 2.05) is 38.1 Å². The fourth-order valence-electron chi connectivity index (χ4n) is 2.00. The van der Waals surface area contributed by atoms with Crippen molar-refractivity contribution in [1.29, 1.82) is 0 Å². The van der Waals surface area contributed by atoms with Gasteiger partial charge in [-0.1, -0.05) is 12.1 Å². The molecule has 0 aromatic heterocycles. The number of nitrogens with one attached hydrogen (secondary N) is 1. The van der Waals surface area contributed by atoms with Crippen molar-refractivity contribution in [2.75, 3.05) is 5.75 Å². The molecule has 1 aliphatic rings. The van der Waals surface area contributed by atoms with Crippen LogP contribution in [-0.2, 0) is 4.79 Å². The van der Waals surface area contributed by atoms with Crippen molar-refractivity contribution in [2.24, 2.45) is 0 Å². The van der Waals surface area contributed by atoms with Gasteiger partial charge < -0.3 is 9.84 Å². The largest absolute Gasteiger partial charge is 0.491 e. The summed E-state index contributed by atoms with van der Waals surface area (Å²) in [6.07, 6.45) is 0.829. The van der Waals surface area contributed by atoms with Crippen LogP contribution >= 0.6 is 11.8 Å². The van der Waals surface area contributed by atoms with E-state index in [4.69, 9.17) is 9.84 Å². The number of ether oxygens (including phenoxy) is 1. The van der Waals surface area contributed by atoms with Crippen LogP contribution in [0.4, 0.5) is 0 Å². The summed E-state index contributed by atoms with van der Waals surface area (Å²) in [7, 11) is 0. The van der Waals surface area contributed by atoms with Crippen molar-refractivity contribution >= 4 is 17.7 Å². The first-order valence-electron chi connectivity index (χ1n) is 6.43. The van der Waals surface area contributed by atoms with Crippen molar-refractivity contribution < 1.29 is 14.6 Å². The molecule has 1 aliphatic heterocycles. The lowest BCUT2D eigenvalue weighted by molar-refractivity contribution is -0.139. The molecule has 0 spiro atoms. The molecule has 5 heteroatoms. The third-order valence-corrected chi connectivity index (χ3v) is 4.11. The summed E-state index contributed by atoms with van der Waals surface area (Å²) < 4.78 is 5.59. The van der Waals surface area contributed by atoms with Crippen molar-refractivity contribution in [3.8, 4) is 5.75 Å². The number of rotatable bonds is 4. The van der Waals surface area contributed by atoms with Gasteiger partial charge >= 0.3 is 5.97 Å². The molecule has 0 amide bonds. The molecule has 0 bridgehead atoms. The van der Waals surface area contributed by atoms with Crippen LogP contribution in [0.2, 0.25) is 0 Å². The van der Waals surface area contributed by atoms with Crippen LogP contribution in [0, 0.1) is 0 Å². The van der Waals surface area contributed by atoms with E-state index in [0.29, 0.717) is 6.42 Å². The Kier molecular flexibility index (Phi) is 4.71. The van der Waals surface area contributed by atoms with Crippen LogP contribution in [0.15, 0.2) is 24.3 Å². The molecule has 1 aromatic rings. The van der Waals surface area contributed by atoms with E-state index in [-0.39, 0.29) is 11.5 Å². The molecule has 2 atom stereocenters. The maximum atomic E-state index is 11.0. The predicted molar refractivity (Wildman–Crippen MR) is 76.6 cm³/mol. The minimum atomic E-state index is -0.773. The number of hydrogen-bond donors (Lipinski definition) is 2. The van der Waals surface area contributed by atoms with Gasteiger partial charge in [0, 0.05) is 0 Å². The lowest BCUT2D eigenvalue weighted by Crippen LogP contribution is -2.41. The van der Waals surface area contributed by atoms with E-state index in [9.17, 15) is 4.79 Å². The Labute approximate surface area is 117 Å². The molecule has 19 heavy (non-hydrogen) atoms. The van der Waals surface area contributed by atoms with Crippen molar-refractivity contribution in [2.45, 2.75) is 37.8 Å². The molecule has 2 N–H and O–H groups in total. The van der Waals surface area contributed by atoms with Crippen LogP contribution in [0.1, 0.15) is 31.2 Å². The van der Waals surface area contributed by atoms with Gasteiger partial charge in [-0.15, -0.1) is 11.8 Å². The molecular formula is C14H19NO3S. The van der Waals surface area contributed by atoms with Crippen molar-refractivity contribution in [3.63, 3.8) is 0 Å². The second-order valence-corrected chi connectivity index (χ2v) is 6.05. The fraction of sp³-hybridized carbons (Fsp3) is 0.500. The van der Waals surface area contributed by atoms with Crippen LogP contribution in [0.25, 0.3) is 0 Å². The molecule has 104 valence electrons. The molecule has 1 saturated heterocycles. The second-order valence-electron chi connectivity index (χ2n) is 4.83. The molecule has 1 fully saturated rings. The van der Waals surface area contributed by atoms with Gasteiger partial charge in [-0.3, -0.25) is 10.1 Å². The summed E-state index contributed by atoms with van der Waals surface area (Å²) in [6, 6.07) is 7.40. The summed E-state index contributed by atoms with van der Waals surface area (Å²) >= 11 is 1.74. The summed E-state index contributed by atoms with van der Waals surface area (Å²) in [5, 5.41) is 12.3. The number of benzene rings is 1. The molecule has 4 nitrogen and oxygen atoms in total. The van der Waals surface area contributed by atoms with Gasteiger partial charge in [0.1, 0.15) is 11.8 Å². The van der Waals surface area contributed by atoms with Gasteiger partial charge in [0.15, 0.2) is 0 Å². The summed E-state index contributed by atoms with van der Waals surface area (Å²) in [5.41, 5.74) is 1.09. The Morgan fingerprint density at radius 1 is 1.42 bits per heavy atom. The molecule has 0 radical (unpaired) electrons. The highest BCUT2D eigenvalue weighted by Gasteiger charge is 2.27. The lowest BCUT2D eigenvalue weighted by Gasteiger charge is -2.28. The van der Waals surface area contributed by atoms with E-state index >= 15 is 0 Å². The van der Waals surface area contributed by atoms with Crippen LogP contribution in [0.5, 0.6) is 5.75 Å². The maximum Gasteiger partial charge on any atom is 0.320 e. The molecule has 2 rings (SSSR count). The monoisotopic (exact) mass is 281 g/mol. The van der Waals surface area contributed by atoms with Gasteiger partial charge in [0.25, 0.3) is 0 Å². The van der Waals surface area contributed by atoms with Crippen LogP contribution in [-0.4, -0.2) is 29.0 Å². The average molecular weight is 281 g/mol. The molecule has 0 saturated carbocycles. The number of thioether (sulfide) groups is 1. The number of aliphatic carboxylic acids is 1. The van der Waals surface area contributed by atoms with Gasteiger partial charge in [0.05, 0.1) is 11.5 Å². The normalized spacial score (nSPS) is 23.3. The maximum absolute atomic E-state index is 11.0. The highest BCUT2D eigenvalue weighted by atomic mass is 32.2. The minimum Gasteiger partial charge on any atom is -0.491 e. The van der Waals surface area contributed by atoms with Crippen molar-refractivity contribution in [3.05, 3.63) is 29.8 Å². The Balaban J connectivity index is 2.03. The van der Waals surface area contributed by atoms with Crippen LogP contribution < -0.4 is 10.1 Å². The first-order chi connectivity index (χ1) is 9.06. The number of hydrogen-bond acceptors (Lipinski definition) is 4. The van der Waals surface area contributed by atoms with E-state index < -0.39 is 12.0 Å². The SMILES string of the molecule is CC(C)Oc1ccc(C2NC(C(=O)O)CCS2)cc1. The zero-order valence-electron chi connectivity index (χ0n) is 11.1. The summed E-state index contributed by atoms with van der Waals surface area (Å²) in [4.78, 5) is 11.0. The van der Waals surface area contributed by atoms with Gasteiger partial charge in [-0.25, -0.2) is 0 Å². The number of carboxylic acids is 1. The smallest absolute Gasteiger partial charge is 0.320 e. The van der Waals surface area contributed by atoms with Crippen LogP contribution in [0.3, 0.4) is 0 Å². The van der Waals surface area contributed by atoms with E-state index in [1.54, 1.807) is 11.8 Å². The van der Waals surface area contributed by atoms with Crippen molar-refractivity contribution in [1.82, 2.24) is 5.32 Å². The second kappa shape index (κ2) is 6.30. The lowest BCUT2D eigenvalue weighted by atomic mass is 10.1. The summed E-state index contributed by atoms with van der Waals surface area (Å²) in [5.74, 6) is 0.929. The highest BCUT2D eigenvalue weighted by Crippen LogP contribution is 2.32. The average Bonchev–Trinajstić information content (AvgIpc) is 2.39. The zero-order chi connectivity index (χ0) is 13.8. The van der Waals surface area contributed by atoms with Gasteiger partial charge in [-0.05, 0) is 43.7 Å². The Morgan fingerprint density at radius 2 is 2.11 bits per heavy atom. The Hall–Kier alpha value is -1.20. The predicted octanol–water partition coefficient (Wildman–Crippen LogP) is 2.65. The Morgan fingerprint density at radius 3 is 2.68 bits per heavy atom. The molecule has 1 aromatic carbocycles. The first kappa shape index (κ1) is 14.2. The van der Waals surface area contributed by atoms with Gasteiger partial charge in [-0.2, -0.15) is 0 Å². The number of carboxylic acid groups (broad SMARTS) is 1. The first-order valence-corrected chi connectivity index (χ1v) is 7.48. The Bertz CT molecular complexity index is 433. The van der Waals surface area contributed by atoms with Gasteiger partial charge in [0.2, 0.25) is 0 Å². The third kappa shape index (κ3) is 3.88. The minimum absolute atomic E-state index is 0.0444. The van der Waals surface area contributed by atoms with E-state index in [2.05, 4.69) is 5.32 Å². The molecule has 0 aliphatic carbocycles. The molecule has 1 heterocycles. The van der Waals surface area contributed by atoms with E-state index in [0.717, 1.165) is 17.1 Å².